The maximum Gasteiger partial charge on any atom is 0.326 e. The molecule has 0 radical (unpaired) electrons. The number of halogens is 1. The molecular weight excluding hydrogens is 530 g/mol. The quantitative estimate of drug-likeness (QED) is 0.370. The Morgan fingerprint density at radius 2 is 1.65 bits per heavy atom. The van der Waals surface area contributed by atoms with Gasteiger partial charge in [0.05, 0.1) is 0 Å². The molecule has 0 saturated heterocycles. The minimum absolute atomic E-state index is 0.00346. The number of rotatable bonds is 8. The average Bonchev–Trinajstić information content (AvgIpc) is 3.38. The molecule has 0 aliphatic heterocycles. The van der Waals surface area contributed by atoms with Crippen LogP contribution in [-0.4, -0.2) is 36.7 Å². The molecular formula is C28H28ClNO5S2. The van der Waals surface area contributed by atoms with Crippen molar-refractivity contribution in [3.8, 4) is 10.4 Å². The van der Waals surface area contributed by atoms with Crippen molar-refractivity contribution in [1.82, 2.24) is 5.32 Å². The summed E-state index contributed by atoms with van der Waals surface area (Å²) in [5.41, 5.74) is 0.123. The first-order valence-electron chi connectivity index (χ1n) is 12.4. The molecule has 5 rings (SSSR count). The minimum Gasteiger partial charge on any atom is -0.480 e. The highest BCUT2D eigenvalue weighted by atomic mass is 35.5. The molecule has 2 aliphatic carbocycles. The summed E-state index contributed by atoms with van der Waals surface area (Å²) in [5.74, 6) is -1.64. The summed E-state index contributed by atoms with van der Waals surface area (Å²) in [6.45, 7) is -0.0483. The molecule has 9 heteroatoms. The lowest BCUT2D eigenvalue weighted by Gasteiger charge is -2.26. The van der Waals surface area contributed by atoms with Crippen LogP contribution in [0.1, 0.15) is 44.1 Å². The smallest absolute Gasteiger partial charge is 0.326 e. The SMILES string of the molecule is O=C(NC[C@@]1(c2ccccc2)C[C@@]1(C(=O)O)S(=O)(=O)c1ccc(-c2ccc(Cl)cc2)s1)C1CCCCC1. The lowest BCUT2D eigenvalue weighted by Crippen LogP contribution is -2.46. The third-order valence-electron chi connectivity index (χ3n) is 7.84. The Labute approximate surface area is 225 Å². The molecule has 1 amide bonds. The summed E-state index contributed by atoms with van der Waals surface area (Å²) >= 11 is 7.03. The number of sulfone groups is 1. The number of thiophene rings is 1. The van der Waals surface area contributed by atoms with Gasteiger partial charge in [-0.15, -0.1) is 11.3 Å². The molecule has 6 nitrogen and oxygen atoms in total. The molecule has 0 unspecified atom stereocenters. The van der Waals surface area contributed by atoms with E-state index in [4.69, 9.17) is 11.6 Å². The van der Waals surface area contributed by atoms with Crippen LogP contribution in [0, 0.1) is 5.92 Å². The van der Waals surface area contributed by atoms with Gasteiger partial charge >= 0.3 is 5.97 Å². The molecule has 1 heterocycles. The first kappa shape index (κ1) is 25.9. The van der Waals surface area contributed by atoms with E-state index in [-0.39, 0.29) is 29.0 Å². The van der Waals surface area contributed by atoms with Gasteiger partial charge in [-0.1, -0.05) is 73.3 Å². The van der Waals surface area contributed by atoms with Crippen LogP contribution in [-0.2, 0) is 24.8 Å². The van der Waals surface area contributed by atoms with Gasteiger partial charge in [-0.2, -0.15) is 0 Å². The van der Waals surface area contributed by atoms with Crippen LogP contribution >= 0.6 is 22.9 Å². The van der Waals surface area contributed by atoms with Gasteiger partial charge in [-0.25, -0.2) is 8.42 Å². The number of nitrogens with one attached hydrogen (secondary N) is 1. The number of aliphatic carboxylic acids is 1. The zero-order valence-electron chi connectivity index (χ0n) is 20.2. The predicted octanol–water partition coefficient (Wildman–Crippen LogP) is 5.70. The van der Waals surface area contributed by atoms with E-state index < -0.39 is 26.0 Å². The highest BCUT2D eigenvalue weighted by molar-refractivity contribution is 7.96. The fourth-order valence-electron chi connectivity index (χ4n) is 5.68. The zero-order valence-corrected chi connectivity index (χ0v) is 22.5. The maximum absolute atomic E-state index is 14.1. The van der Waals surface area contributed by atoms with E-state index in [1.807, 2.05) is 0 Å². The lowest BCUT2D eigenvalue weighted by atomic mass is 9.88. The van der Waals surface area contributed by atoms with Crippen molar-refractivity contribution < 1.29 is 23.1 Å². The van der Waals surface area contributed by atoms with E-state index in [0.29, 0.717) is 15.5 Å². The van der Waals surface area contributed by atoms with Gasteiger partial charge in [-0.3, -0.25) is 9.59 Å². The molecule has 2 aromatic carbocycles. The lowest BCUT2D eigenvalue weighted by molar-refractivity contribution is -0.138. The van der Waals surface area contributed by atoms with Crippen LogP contribution in [0.5, 0.6) is 0 Å². The molecule has 0 bridgehead atoms. The van der Waals surface area contributed by atoms with Gasteiger partial charge < -0.3 is 10.4 Å². The second kappa shape index (κ2) is 9.89. The molecule has 194 valence electrons. The Kier molecular flexibility index (Phi) is 6.94. The molecule has 1 aromatic heterocycles. The van der Waals surface area contributed by atoms with Gasteiger partial charge in [-0.05, 0) is 54.7 Å². The summed E-state index contributed by atoms with van der Waals surface area (Å²) in [6, 6.07) is 19.0. The number of amides is 1. The topological polar surface area (TPSA) is 101 Å². The molecule has 2 atom stereocenters. The summed E-state index contributed by atoms with van der Waals surface area (Å²) < 4.78 is 26.1. The van der Waals surface area contributed by atoms with E-state index in [1.165, 1.54) is 6.07 Å². The number of hydrogen-bond acceptors (Lipinski definition) is 5. The highest BCUT2D eigenvalue weighted by Crippen LogP contribution is 2.64. The van der Waals surface area contributed by atoms with Gasteiger partial charge in [0, 0.05) is 27.8 Å². The standard InChI is InChI=1S/C28H28ClNO5S2/c29-22-13-11-19(12-14-22)23-15-16-24(36-23)37(34,35)28(26(32)33)17-27(28,21-9-5-2-6-10-21)18-30-25(31)20-7-3-1-4-8-20/h2,5-6,9-16,20H,1,3-4,7-8,17-18H2,(H,30,31)(H,32,33)/t27-,28+/m1/s1. The molecule has 2 saturated carbocycles. The summed E-state index contributed by atoms with van der Waals surface area (Å²) in [5, 5.41) is 14.0. The summed E-state index contributed by atoms with van der Waals surface area (Å²) in [6.07, 6.45) is 4.58. The minimum atomic E-state index is -4.31. The number of benzene rings is 2. The highest BCUT2D eigenvalue weighted by Gasteiger charge is 2.80. The van der Waals surface area contributed by atoms with Crippen molar-refractivity contribution >= 4 is 44.7 Å². The molecule has 37 heavy (non-hydrogen) atoms. The third kappa shape index (κ3) is 4.39. The van der Waals surface area contributed by atoms with E-state index >= 15 is 0 Å². The molecule has 3 aromatic rings. The average molecular weight is 558 g/mol. The zero-order chi connectivity index (χ0) is 26.3. The van der Waals surface area contributed by atoms with E-state index in [9.17, 15) is 23.1 Å². The second-order valence-corrected chi connectivity index (χ2v) is 13.9. The van der Waals surface area contributed by atoms with Gasteiger partial charge in [0.1, 0.15) is 4.21 Å². The Bertz CT molecular complexity index is 1410. The van der Waals surface area contributed by atoms with Crippen molar-refractivity contribution in [1.29, 1.82) is 0 Å². The van der Waals surface area contributed by atoms with Crippen LogP contribution in [0.25, 0.3) is 10.4 Å². The van der Waals surface area contributed by atoms with Crippen molar-refractivity contribution in [3.63, 3.8) is 0 Å². The molecule has 2 N–H and O–H groups in total. The Hall–Kier alpha value is -2.68. The van der Waals surface area contributed by atoms with Gasteiger partial charge in [0.15, 0.2) is 4.75 Å². The number of carboxylic acids is 1. The van der Waals surface area contributed by atoms with Crippen molar-refractivity contribution in [2.24, 2.45) is 5.92 Å². The normalized spacial score (nSPS) is 23.9. The maximum atomic E-state index is 14.1. The Morgan fingerprint density at radius 3 is 2.30 bits per heavy atom. The van der Waals surface area contributed by atoms with Crippen LogP contribution in [0.2, 0.25) is 5.02 Å². The van der Waals surface area contributed by atoms with Crippen molar-refractivity contribution in [3.05, 3.63) is 77.3 Å². The Balaban J connectivity index is 1.51. The number of carbonyl (C=O) groups excluding carboxylic acids is 1. The number of carboxylic acid groups (broad SMARTS) is 1. The monoisotopic (exact) mass is 557 g/mol. The van der Waals surface area contributed by atoms with Gasteiger partial charge in [0.25, 0.3) is 0 Å². The second-order valence-electron chi connectivity index (χ2n) is 9.94. The first-order chi connectivity index (χ1) is 17.7. The van der Waals surface area contributed by atoms with Gasteiger partial charge in [0.2, 0.25) is 15.7 Å². The molecule has 2 aliphatic rings. The summed E-state index contributed by atoms with van der Waals surface area (Å²) in [4.78, 5) is 26.5. The fourth-order valence-corrected chi connectivity index (χ4v) is 9.65. The van der Waals surface area contributed by atoms with Crippen LogP contribution in [0.3, 0.4) is 0 Å². The molecule has 0 spiro atoms. The Morgan fingerprint density at radius 1 is 0.973 bits per heavy atom. The number of hydrogen-bond donors (Lipinski definition) is 2. The van der Waals surface area contributed by atoms with Crippen molar-refractivity contribution in [2.45, 2.75) is 52.9 Å². The van der Waals surface area contributed by atoms with Crippen LogP contribution in [0.15, 0.2) is 70.9 Å². The number of carbonyl (C=O) groups is 2. The first-order valence-corrected chi connectivity index (χ1v) is 15.1. The van der Waals surface area contributed by atoms with E-state index in [0.717, 1.165) is 49.0 Å². The van der Waals surface area contributed by atoms with E-state index in [2.05, 4.69) is 5.32 Å². The predicted molar refractivity (Wildman–Crippen MR) is 145 cm³/mol. The largest absolute Gasteiger partial charge is 0.480 e. The third-order valence-corrected chi connectivity index (χ3v) is 12.2. The van der Waals surface area contributed by atoms with Crippen LogP contribution in [0.4, 0.5) is 0 Å². The van der Waals surface area contributed by atoms with Crippen molar-refractivity contribution in [2.75, 3.05) is 6.54 Å². The van der Waals surface area contributed by atoms with Crippen LogP contribution < -0.4 is 5.32 Å². The van der Waals surface area contributed by atoms with E-state index in [1.54, 1.807) is 60.7 Å². The molecule has 2 fully saturated rings. The summed E-state index contributed by atoms with van der Waals surface area (Å²) in [7, 11) is -4.31. The fraction of sp³-hybridized carbons (Fsp3) is 0.357.